The second-order valence-electron chi connectivity index (χ2n) is 5.03. The molecule has 0 aromatic heterocycles. The van der Waals surface area contributed by atoms with Gasteiger partial charge in [0.1, 0.15) is 0 Å². The molecule has 0 saturated carbocycles. The molecular weight excluding hydrogens is 208 g/mol. The molecule has 1 saturated heterocycles. The maximum Gasteiger partial charge on any atom is 0.0833 e. The third kappa shape index (κ3) is 4.31. The van der Waals surface area contributed by atoms with Gasteiger partial charge in [-0.15, -0.1) is 0 Å². The van der Waals surface area contributed by atoms with Gasteiger partial charge in [-0.25, -0.2) is 0 Å². The first-order valence-corrected chi connectivity index (χ1v) is 6.99. The Hall–Kier alpha value is 0.230. The molecule has 1 aliphatic rings. The molecule has 2 N–H and O–H groups in total. The van der Waals surface area contributed by atoms with Gasteiger partial charge in [0, 0.05) is 30.9 Å². The summed E-state index contributed by atoms with van der Waals surface area (Å²) in [5.41, 5.74) is -0.580. The topological polar surface area (TPSA) is 35.5 Å². The second kappa shape index (κ2) is 5.53. The van der Waals surface area contributed by atoms with Gasteiger partial charge in [-0.1, -0.05) is 0 Å². The lowest BCUT2D eigenvalue weighted by Crippen LogP contribution is -2.44. The Morgan fingerprint density at radius 1 is 1.60 bits per heavy atom. The molecular formula is C11H24N2OS. The molecule has 90 valence electrons. The Morgan fingerprint density at radius 2 is 2.27 bits per heavy atom. The van der Waals surface area contributed by atoms with Crippen molar-refractivity contribution >= 4 is 11.8 Å². The van der Waals surface area contributed by atoms with Crippen molar-refractivity contribution in [2.24, 2.45) is 0 Å². The molecule has 3 nitrogen and oxygen atoms in total. The predicted molar refractivity (Wildman–Crippen MR) is 67.5 cm³/mol. The van der Waals surface area contributed by atoms with Crippen LogP contribution in [-0.4, -0.2) is 59.8 Å². The van der Waals surface area contributed by atoms with E-state index in [0.717, 1.165) is 12.3 Å². The molecule has 3 atom stereocenters. The molecule has 1 fully saturated rings. The average Bonchev–Trinajstić information content (AvgIpc) is 2.44. The average molecular weight is 232 g/mol. The van der Waals surface area contributed by atoms with E-state index in [2.05, 4.69) is 24.2 Å². The number of nitrogens with one attached hydrogen (secondary N) is 1. The lowest BCUT2D eigenvalue weighted by Gasteiger charge is -2.25. The Labute approximate surface area is 97.6 Å². The number of hydrogen-bond acceptors (Lipinski definition) is 4. The Morgan fingerprint density at radius 3 is 2.73 bits per heavy atom. The molecule has 0 aromatic carbocycles. The molecule has 3 unspecified atom stereocenters. The minimum absolute atomic E-state index is 0.540. The summed E-state index contributed by atoms with van der Waals surface area (Å²) < 4.78 is 0. The molecule has 15 heavy (non-hydrogen) atoms. The van der Waals surface area contributed by atoms with Gasteiger partial charge in [-0.05, 0) is 33.6 Å². The molecule has 4 heteroatoms. The van der Waals surface area contributed by atoms with Crippen molar-refractivity contribution in [2.75, 3.05) is 32.1 Å². The third-order valence-corrected chi connectivity index (χ3v) is 4.02. The SMILES string of the molecule is CSCC(C)(O)CNC1CC(C)N(C)C1. The highest BCUT2D eigenvalue weighted by atomic mass is 32.2. The lowest BCUT2D eigenvalue weighted by atomic mass is 10.1. The van der Waals surface area contributed by atoms with Crippen molar-refractivity contribution in [3.05, 3.63) is 0 Å². The van der Waals surface area contributed by atoms with Crippen LogP contribution in [0.5, 0.6) is 0 Å². The van der Waals surface area contributed by atoms with Gasteiger partial charge in [-0.3, -0.25) is 0 Å². The van der Waals surface area contributed by atoms with Gasteiger partial charge < -0.3 is 15.3 Å². The minimum atomic E-state index is -0.580. The van der Waals surface area contributed by atoms with Crippen molar-refractivity contribution in [1.29, 1.82) is 0 Å². The van der Waals surface area contributed by atoms with Crippen LogP contribution >= 0.6 is 11.8 Å². The van der Waals surface area contributed by atoms with Gasteiger partial charge in [-0.2, -0.15) is 11.8 Å². The maximum atomic E-state index is 10.0. The van der Waals surface area contributed by atoms with Crippen LogP contribution in [0.3, 0.4) is 0 Å². The fourth-order valence-electron chi connectivity index (χ4n) is 2.07. The zero-order chi connectivity index (χ0) is 11.5. The van der Waals surface area contributed by atoms with Crippen LogP contribution in [-0.2, 0) is 0 Å². The second-order valence-corrected chi connectivity index (χ2v) is 5.90. The molecule has 0 radical (unpaired) electrons. The van der Waals surface area contributed by atoms with E-state index >= 15 is 0 Å². The molecule has 0 aliphatic carbocycles. The van der Waals surface area contributed by atoms with Gasteiger partial charge in [0.15, 0.2) is 0 Å². The standard InChI is InChI=1S/C11H24N2OS/c1-9-5-10(6-13(9)3)12-7-11(2,14)8-15-4/h9-10,12,14H,5-8H2,1-4H3. The molecule has 0 bridgehead atoms. The molecule has 1 heterocycles. The number of aliphatic hydroxyl groups is 1. The lowest BCUT2D eigenvalue weighted by molar-refractivity contribution is 0.0817. The number of likely N-dealkylation sites (tertiary alicyclic amines) is 1. The monoisotopic (exact) mass is 232 g/mol. The van der Waals surface area contributed by atoms with Gasteiger partial charge >= 0.3 is 0 Å². The summed E-state index contributed by atoms with van der Waals surface area (Å²) in [6, 6.07) is 1.20. The largest absolute Gasteiger partial charge is 0.388 e. The minimum Gasteiger partial charge on any atom is -0.388 e. The first-order valence-electron chi connectivity index (χ1n) is 5.59. The fraction of sp³-hybridized carbons (Fsp3) is 1.00. The van der Waals surface area contributed by atoms with Crippen LogP contribution < -0.4 is 5.32 Å². The van der Waals surface area contributed by atoms with Crippen molar-refractivity contribution in [3.8, 4) is 0 Å². The van der Waals surface area contributed by atoms with Crippen LogP contribution in [0.2, 0.25) is 0 Å². The third-order valence-electron chi connectivity index (χ3n) is 3.11. The summed E-state index contributed by atoms with van der Waals surface area (Å²) in [5.74, 6) is 0.790. The number of hydrogen-bond donors (Lipinski definition) is 2. The van der Waals surface area contributed by atoms with Gasteiger partial charge in [0.25, 0.3) is 0 Å². The summed E-state index contributed by atoms with van der Waals surface area (Å²) in [4.78, 5) is 2.36. The van der Waals surface area contributed by atoms with E-state index in [1.807, 2.05) is 13.2 Å². The highest BCUT2D eigenvalue weighted by Gasteiger charge is 2.28. The van der Waals surface area contributed by atoms with Crippen molar-refractivity contribution in [2.45, 2.75) is 38.0 Å². The van der Waals surface area contributed by atoms with Crippen molar-refractivity contribution in [3.63, 3.8) is 0 Å². The highest BCUT2D eigenvalue weighted by molar-refractivity contribution is 7.98. The predicted octanol–water partition coefficient (Wildman–Crippen LogP) is 0.783. The maximum absolute atomic E-state index is 10.0. The van der Waals surface area contributed by atoms with Crippen LogP contribution in [0.4, 0.5) is 0 Å². The summed E-state index contributed by atoms with van der Waals surface area (Å²) in [6.07, 6.45) is 3.21. The van der Waals surface area contributed by atoms with E-state index in [-0.39, 0.29) is 0 Å². The van der Waals surface area contributed by atoms with E-state index in [1.54, 1.807) is 11.8 Å². The Balaban J connectivity index is 2.26. The fourth-order valence-corrected chi connectivity index (χ4v) is 2.79. The number of thioether (sulfide) groups is 1. The molecule has 1 rings (SSSR count). The summed E-state index contributed by atoms with van der Waals surface area (Å²) in [7, 11) is 2.16. The first-order chi connectivity index (χ1) is 6.94. The van der Waals surface area contributed by atoms with Crippen molar-refractivity contribution in [1.82, 2.24) is 10.2 Å². The molecule has 0 aromatic rings. The number of nitrogens with zero attached hydrogens (tertiary/aromatic N) is 1. The number of likely N-dealkylation sites (N-methyl/N-ethyl adjacent to an activating group) is 1. The van der Waals surface area contributed by atoms with E-state index in [4.69, 9.17) is 0 Å². The summed E-state index contributed by atoms with van der Waals surface area (Å²) in [6.45, 7) is 5.94. The van der Waals surface area contributed by atoms with E-state index in [9.17, 15) is 5.11 Å². The van der Waals surface area contributed by atoms with Crippen LogP contribution in [0.15, 0.2) is 0 Å². The Bertz CT molecular complexity index is 189. The first kappa shape index (κ1) is 13.3. The Kier molecular flexibility index (Phi) is 4.90. The number of rotatable bonds is 5. The highest BCUT2D eigenvalue weighted by Crippen LogP contribution is 2.16. The van der Waals surface area contributed by atoms with Gasteiger partial charge in [0.05, 0.1) is 5.60 Å². The summed E-state index contributed by atoms with van der Waals surface area (Å²) in [5, 5.41) is 13.5. The van der Waals surface area contributed by atoms with Crippen molar-refractivity contribution < 1.29 is 5.11 Å². The molecule has 0 amide bonds. The van der Waals surface area contributed by atoms with Crippen LogP contribution in [0.1, 0.15) is 20.3 Å². The molecule has 1 aliphatic heterocycles. The normalized spacial score (nSPS) is 31.8. The quantitative estimate of drug-likeness (QED) is 0.734. The van der Waals surface area contributed by atoms with Crippen LogP contribution in [0.25, 0.3) is 0 Å². The van der Waals surface area contributed by atoms with Crippen LogP contribution in [0, 0.1) is 0 Å². The zero-order valence-electron chi connectivity index (χ0n) is 10.3. The smallest absolute Gasteiger partial charge is 0.0833 e. The van der Waals surface area contributed by atoms with E-state index < -0.39 is 5.60 Å². The molecule has 0 spiro atoms. The zero-order valence-corrected chi connectivity index (χ0v) is 11.1. The van der Waals surface area contributed by atoms with Gasteiger partial charge in [0.2, 0.25) is 0 Å². The summed E-state index contributed by atoms with van der Waals surface area (Å²) >= 11 is 1.69. The van der Waals surface area contributed by atoms with E-state index in [1.165, 1.54) is 6.42 Å². The van der Waals surface area contributed by atoms with E-state index in [0.29, 0.717) is 18.6 Å².